The largest absolute Gasteiger partial charge is 0.323 e. The molecule has 112 valence electrons. The van der Waals surface area contributed by atoms with Crippen LogP contribution in [0, 0.1) is 5.41 Å². The molecule has 1 N–H and O–H groups in total. The van der Waals surface area contributed by atoms with Crippen LogP contribution in [-0.2, 0) is 11.3 Å². The Morgan fingerprint density at radius 1 is 1.43 bits per heavy atom. The van der Waals surface area contributed by atoms with Crippen LogP contribution in [0.2, 0.25) is 0 Å². The molecular weight excluding hydrogens is 270 g/mol. The van der Waals surface area contributed by atoms with E-state index in [1.165, 1.54) is 0 Å². The topological polar surface area (TPSA) is 90.5 Å². The van der Waals surface area contributed by atoms with Crippen molar-refractivity contribution in [2.45, 2.75) is 46.2 Å². The molecule has 0 bridgehead atoms. The van der Waals surface area contributed by atoms with Gasteiger partial charge in [0, 0.05) is 11.6 Å². The normalized spacial score (nSPS) is 15.2. The second-order valence-electron chi connectivity index (χ2n) is 6.40. The number of rotatable bonds is 4. The minimum atomic E-state index is -0.432. The van der Waals surface area contributed by atoms with E-state index < -0.39 is 5.41 Å². The highest BCUT2D eigenvalue weighted by molar-refractivity contribution is 5.94. The average molecular weight is 289 g/mol. The van der Waals surface area contributed by atoms with Crippen molar-refractivity contribution in [3.05, 3.63) is 18.2 Å². The lowest BCUT2D eigenvalue weighted by atomic mass is 9.96. The van der Waals surface area contributed by atoms with E-state index in [-0.39, 0.29) is 5.91 Å². The average Bonchev–Trinajstić information content (AvgIpc) is 2.99. The highest BCUT2D eigenvalue weighted by atomic mass is 16.2. The molecule has 0 spiro atoms. The van der Waals surface area contributed by atoms with Crippen LogP contribution in [-0.4, -0.2) is 35.9 Å². The molecule has 21 heavy (non-hydrogen) atoms. The lowest BCUT2D eigenvalue weighted by Crippen LogP contribution is -2.27. The predicted molar refractivity (Wildman–Crippen MR) is 75.5 cm³/mol. The first-order chi connectivity index (χ1) is 9.93. The quantitative estimate of drug-likeness (QED) is 0.914. The standard InChI is InChI=1S/C13H19N7O/c1-13(2,3)12(21)15-9-6-14-19(7-9)8-11-16-17-18-20(11)10-4-5-10/h6-7,10H,4-5,8H2,1-3H3,(H,15,21). The Labute approximate surface area is 122 Å². The van der Waals surface area contributed by atoms with Crippen molar-refractivity contribution in [2.24, 2.45) is 5.41 Å². The van der Waals surface area contributed by atoms with E-state index >= 15 is 0 Å². The van der Waals surface area contributed by atoms with E-state index in [1.807, 2.05) is 25.5 Å². The number of hydrogen-bond donors (Lipinski definition) is 1. The lowest BCUT2D eigenvalue weighted by molar-refractivity contribution is -0.123. The van der Waals surface area contributed by atoms with Gasteiger partial charge in [-0.05, 0) is 23.3 Å². The number of nitrogens with zero attached hydrogens (tertiary/aromatic N) is 6. The minimum absolute atomic E-state index is 0.0372. The van der Waals surface area contributed by atoms with Gasteiger partial charge in [-0.3, -0.25) is 9.48 Å². The Bertz CT molecular complexity index is 648. The Hall–Kier alpha value is -2.25. The second-order valence-corrected chi connectivity index (χ2v) is 6.40. The number of anilines is 1. The summed E-state index contributed by atoms with van der Waals surface area (Å²) in [7, 11) is 0. The molecule has 2 heterocycles. The Morgan fingerprint density at radius 2 is 2.19 bits per heavy atom. The highest BCUT2D eigenvalue weighted by Crippen LogP contribution is 2.34. The zero-order chi connectivity index (χ0) is 15.0. The maximum atomic E-state index is 11.9. The highest BCUT2D eigenvalue weighted by Gasteiger charge is 2.28. The first-order valence-corrected chi connectivity index (χ1v) is 7.04. The van der Waals surface area contributed by atoms with Gasteiger partial charge in [0.1, 0.15) is 6.54 Å². The van der Waals surface area contributed by atoms with E-state index in [0.29, 0.717) is 18.3 Å². The summed E-state index contributed by atoms with van der Waals surface area (Å²) in [4.78, 5) is 11.9. The molecule has 0 aromatic carbocycles. The summed E-state index contributed by atoms with van der Waals surface area (Å²) < 4.78 is 3.58. The molecule has 1 fully saturated rings. The number of amides is 1. The number of tetrazole rings is 1. The smallest absolute Gasteiger partial charge is 0.229 e. The van der Waals surface area contributed by atoms with Crippen molar-refractivity contribution in [1.29, 1.82) is 0 Å². The van der Waals surface area contributed by atoms with Crippen molar-refractivity contribution >= 4 is 11.6 Å². The number of carbonyl (C=O) groups excluding carboxylic acids is 1. The number of hydrogen-bond acceptors (Lipinski definition) is 5. The molecular formula is C13H19N7O. The molecule has 0 radical (unpaired) electrons. The monoisotopic (exact) mass is 289 g/mol. The summed E-state index contributed by atoms with van der Waals surface area (Å²) in [6.07, 6.45) is 5.68. The first-order valence-electron chi connectivity index (χ1n) is 7.04. The third-order valence-corrected chi connectivity index (χ3v) is 3.33. The molecule has 0 saturated heterocycles. The number of carbonyl (C=O) groups is 1. The molecule has 1 aliphatic carbocycles. The van der Waals surface area contributed by atoms with Crippen LogP contribution in [0.4, 0.5) is 5.69 Å². The maximum Gasteiger partial charge on any atom is 0.229 e. The Kier molecular flexibility index (Phi) is 3.23. The zero-order valence-corrected chi connectivity index (χ0v) is 12.4. The first kappa shape index (κ1) is 13.7. The molecule has 8 nitrogen and oxygen atoms in total. The number of aromatic nitrogens is 6. The van der Waals surface area contributed by atoms with Gasteiger partial charge in [0.2, 0.25) is 5.91 Å². The fourth-order valence-corrected chi connectivity index (χ4v) is 1.90. The van der Waals surface area contributed by atoms with Gasteiger partial charge in [0.05, 0.1) is 17.9 Å². The van der Waals surface area contributed by atoms with Crippen LogP contribution in [0.25, 0.3) is 0 Å². The summed E-state index contributed by atoms with van der Waals surface area (Å²) >= 11 is 0. The van der Waals surface area contributed by atoms with Crippen LogP contribution in [0.1, 0.15) is 45.5 Å². The van der Waals surface area contributed by atoms with Crippen LogP contribution >= 0.6 is 0 Å². The molecule has 3 rings (SSSR count). The summed E-state index contributed by atoms with van der Waals surface area (Å²) in [5.74, 6) is 0.749. The van der Waals surface area contributed by atoms with Crippen LogP contribution in [0.3, 0.4) is 0 Å². The van der Waals surface area contributed by atoms with E-state index in [9.17, 15) is 4.79 Å². The molecule has 1 amide bonds. The third-order valence-electron chi connectivity index (χ3n) is 3.33. The molecule has 0 atom stereocenters. The van der Waals surface area contributed by atoms with Gasteiger partial charge >= 0.3 is 0 Å². The van der Waals surface area contributed by atoms with E-state index in [4.69, 9.17) is 0 Å². The van der Waals surface area contributed by atoms with Crippen molar-refractivity contribution in [2.75, 3.05) is 5.32 Å². The minimum Gasteiger partial charge on any atom is -0.323 e. The van der Waals surface area contributed by atoms with E-state index in [2.05, 4.69) is 25.9 Å². The second kappa shape index (κ2) is 4.94. The van der Waals surface area contributed by atoms with Crippen LogP contribution < -0.4 is 5.32 Å². The fourth-order valence-electron chi connectivity index (χ4n) is 1.90. The van der Waals surface area contributed by atoms with Gasteiger partial charge in [-0.25, -0.2) is 4.68 Å². The summed E-state index contributed by atoms with van der Waals surface area (Å²) in [6, 6.07) is 0.436. The summed E-state index contributed by atoms with van der Waals surface area (Å²) in [5, 5.41) is 18.9. The maximum absolute atomic E-state index is 11.9. The fraction of sp³-hybridized carbons (Fsp3) is 0.615. The zero-order valence-electron chi connectivity index (χ0n) is 12.4. The molecule has 1 aliphatic rings. The van der Waals surface area contributed by atoms with Crippen molar-refractivity contribution in [3.8, 4) is 0 Å². The molecule has 0 aliphatic heterocycles. The van der Waals surface area contributed by atoms with Gasteiger partial charge in [-0.15, -0.1) is 5.10 Å². The Morgan fingerprint density at radius 3 is 2.86 bits per heavy atom. The predicted octanol–water partition coefficient (Wildman–Crippen LogP) is 1.24. The lowest BCUT2D eigenvalue weighted by Gasteiger charge is -2.16. The van der Waals surface area contributed by atoms with Crippen molar-refractivity contribution < 1.29 is 4.79 Å². The van der Waals surface area contributed by atoms with Gasteiger partial charge in [-0.2, -0.15) is 5.10 Å². The SMILES string of the molecule is CC(C)(C)C(=O)Nc1cnn(Cc2nnnn2C2CC2)c1. The Balaban J connectivity index is 1.67. The number of nitrogens with one attached hydrogen (secondary N) is 1. The van der Waals surface area contributed by atoms with E-state index in [1.54, 1.807) is 17.1 Å². The van der Waals surface area contributed by atoms with Gasteiger partial charge in [0.15, 0.2) is 5.82 Å². The van der Waals surface area contributed by atoms with Crippen molar-refractivity contribution in [1.82, 2.24) is 30.0 Å². The molecule has 8 heteroatoms. The van der Waals surface area contributed by atoms with Gasteiger partial charge < -0.3 is 5.32 Å². The third kappa shape index (κ3) is 3.09. The van der Waals surface area contributed by atoms with Crippen LogP contribution in [0.15, 0.2) is 12.4 Å². The van der Waals surface area contributed by atoms with Gasteiger partial charge in [0.25, 0.3) is 0 Å². The van der Waals surface area contributed by atoms with Crippen LogP contribution in [0.5, 0.6) is 0 Å². The molecule has 0 unspecified atom stereocenters. The summed E-state index contributed by atoms with van der Waals surface area (Å²) in [6.45, 7) is 6.11. The van der Waals surface area contributed by atoms with Crippen molar-refractivity contribution in [3.63, 3.8) is 0 Å². The van der Waals surface area contributed by atoms with E-state index in [0.717, 1.165) is 18.7 Å². The summed E-state index contributed by atoms with van der Waals surface area (Å²) in [5.41, 5.74) is 0.249. The molecule has 1 saturated carbocycles. The molecule has 2 aromatic heterocycles. The molecule has 2 aromatic rings. The van der Waals surface area contributed by atoms with Gasteiger partial charge in [-0.1, -0.05) is 20.8 Å².